The van der Waals surface area contributed by atoms with E-state index in [9.17, 15) is 26.4 Å². The van der Waals surface area contributed by atoms with Crippen molar-refractivity contribution in [3.63, 3.8) is 0 Å². The third kappa shape index (κ3) is 6.17. The van der Waals surface area contributed by atoms with Crippen molar-refractivity contribution >= 4 is 15.7 Å². The van der Waals surface area contributed by atoms with Gasteiger partial charge in [-0.3, -0.25) is 9.69 Å². The molecule has 2 aromatic rings. The van der Waals surface area contributed by atoms with E-state index in [2.05, 4.69) is 5.32 Å². The molecule has 1 fully saturated rings. The summed E-state index contributed by atoms with van der Waals surface area (Å²) >= 11 is 0. The fourth-order valence-electron chi connectivity index (χ4n) is 4.19. The molecule has 1 amide bonds. The lowest BCUT2D eigenvalue weighted by atomic mass is 10.0. The van der Waals surface area contributed by atoms with Crippen molar-refractivity contribution in [3.8, 4) is 0 Å². The molecule has 3 rings (SSSR count). The minimum Gasteiger partial charge on any atom is -0.348 e. The molecule has 1 saturated heterocycles. The Morgan fingerprint density at radius 2 is 1.91 bits per heavy atom. The van der Waals surface area contributed by atoms with Crippen molar-refractivity contribution in [2.45, 2.75) is 44.4 Å². The first kappa shape index (κ1) is 26.2. The average molecular weight is 498 g/mol. The smallest absolute Gasteiger partial charge is 0.348 e. The number of hydrogen-bond donors (Lipinski definition) is 2. The topological polar surface area (TPSA) is 92.5 Å². The largest absolute Gasteiger partial charge is 0.416 e. The van der Waals surface area contributed by atoms with Crippen LogP contribution in [0.5, 0.6) is 0 Å². The van der Waals surface area contributed by atoms with Gasteiger partial charge in [-0.25, -0.2) is 8.42 Å². The fraction of sp³-hybridized carbons (Fsp3) is 0.458. The summed E-state index contributed by atoms with van der Waals surface area (Å²) in [5.41, 5.74) is 6.01. The van der Waals surface area contributed by atoms with Crippen molar-refractivity contribution < 1.29 is 26.4 Å². The van der Waals surface area contributed by atoms with Crippen LogP contribution in [0, 0.1) is 12.8 Å². The van der Waals surface area contributed by atoms with Gasteiger partial charge in [-0.05, 0) is 61.7 Å². The minimum absolute atomic E-state index is 0.101. The van der Waals surface area contributed by atoms with Crippen LogP contribution in [0.4, 0.5) is 13.2 Å². The molecule has 1 aliphatic heterocycles. The maximum Gasteiger partial charge on any atom is 0.416 e. The number of nitrogens with zero attached hydrogens (tertiary/aromatic N) is 1. The van der Waals surface area contributed by atoms with Gasteiger partial charge in [0.05, 0.1) is 16.2 Å². The van der Waals surface area contributed by atoms with Crippen LogP contribution in [0.1, 0.15) is 46.0 Å². The van der Waals surface area contributed by atoms with E-state index in [0.29, 0.717) is 25.2 Å². The van der Waals surface area contributed by atoms with Gasteiger partial charge in [0.15, 0.2) is 9.84 Å². The molecule has 34 heavy (non-hydrogen) atoms. The number of nitrogens with one attached hydrogen (secondary N) is 1. The maximum atomic E-state index is 13.8. The highest BCUT2D eigenvalue weighted by Gasteiger charge is 2.35. The Labute approximate surface area is 198 Å². The van der Waals surface area contributed by atoms with Gasteiger partial charge in [0.1, 0.15) is 0 Å². The van der Waals surface area contributed by atoms with Crippen LogP contribution < -0.4 is 11.1 Å². The van der Waals surface area contributed by atoms with Crippen molar-refractivity contribution in [3.05, 3.63) is 64.2 Å². The molecule has 0 aliphatic carbocycles. The Morgan fingerprint density at radius 3 is 2.53 bits per heavy atom. The van der Waals surface area contributed by atoms with Crippen molar-refractivity contribution in [2.24, 2.45) is 11.7 Å². The number of sulfone groups is 1. The van der Waals surface area contributed by atoms with Crippen LogP contribution in [-0.2, 0) is 29.1 Å². The monoisotopic (exact) mass is 497 g/mol. The van der Waals surface area contributed by atoms with E-state index in [1.807, 2.05) is 4.90 Å². The Bertz CT molecular complexity index is 1150. The molecule has 186 valence electrons. The van der Waals surface area contributed by atoms with Gasteiger partial charge in [0.25, 0.3) is 5.91 Å². The van der Waals surface area contributed by atoms with Gasteiger partial charge < -0.3 is 11.1 Å². The number of halogens is 3. The van der Waals surface area contributed by atoms with Crippen LogP contribution in [0.25, 0.3) is 0 Å². The predicted molar refractivity (Wildman–Crippen MR) is 124 cm³/mol. The molecule has 1 heterocycles. The number of aryl methyl sites for hydroxylation is 1. The van der Waals surface area contributed by atoms with Crippen molar-refractivity contribution in [1.82, 2.24) is 10.2 Å². The standard InChI is InChI=1S/C24H30F3N3O3S/c1-3-34(32,33)22-7-4-16(2)10-20(22)13-29-23(31)18-5-6-19(21(11-18)24(25,26)27)15-30-9-8-17(12-28)14-30/h4-7,10-11,17H,3,8-9,12-15,28H2,1-2H3,(H,29,31)/t17-/m0/s1. The van der Waals surface area contributed by atoms with Gasteiger partial charge in [-0.15, -0.1) is 0 Å². The van der Waals surface area contributed by atoms with Crippen LogP contribution in [0.15, 0.2) is 41.3 Å². The lowest BCUT2D eigenvalue weighted by Gasteiger charge is -2.20. The Kier molecular flexibility index (Phi) is 8.05. The molecule has 1 atom stereocenters. The van der Waals surface area contributed by atoms with Crippen molar-refractivity contribution in [2.75, 3.05) is 25.4 Å². The lowest BCUT2D eigenvalue weighted by Crippen LogP contribution is -2.26. The number of alkyl halides is 3. The van der Waals surface area contributed by atoms with E-state index in [1.165, 1.54) is 25.1 Å². The maximum absolute atomic E-state index is 13.8. The molecule has 2 aromatic carbocycles. The molecular formula is C24H30F3N3O3S. The number of nitrogens with two attached hydrogens (primary N) is 1. The molecule has 1 aliphatic rings. The molecule has 0 saturated carbocycles. The second kappa shape index (κ2) is 10.5. The van der Waals surface area contributed by atoms with Gasteiger partial charge >= 0.3 is 6.18 Å². The number of carbonyl (C=O) groups excluding carboxylic acids is 1. The molecule has 0 bridgehead atoms. The number of benzene rings is 2. The summed E-state index contributed by atoms with van der Waals surface area (Å²) in [7, 11) is -3.52. The Hall–Kier alpha value is -2.43. The van der Waals surface area contributed by atoms with Gasteiger partial charge in [0, 0.05) is 25.2 Å². The normalized spacial score (nSPS) is 17.2. The van der Waals surface area contributed by atoms with Gasteiger partial charge in [-0.2, -0.15) is 13.2 Å². The summed E-state index contributed by atoms with van der Waals surface area (Å²) in [6.07, 6.45) is -3.76. The third-order valence-electron chi connectivity index (χ3n) is 6.15. The minimum atomic E-state index is -4.61. The highest BCUT2D eigenvalue weighted by Crippen LogP contribution is 2.34. The van der Waals surface area contributed by atoms with Crippen LogP contribution in [-0.4, -0.2) is 44.6 Å². The summed E-state index contributed by atoms with van der Waals surface area (Å²) in [5, 5.41) is 2.57. The Balaban J connectivity index is 1.80. The summed E-state index contributed by atoms with van der Waals surface area (Å²) in [6, 6.07) is 8.38. The molecule has 0 aromatic heterocycles. The quantitative estimate of drug-likeness (QED) is 0.582. The lowest BCUT2D eigenvalue weighted by molar-refractivity contribution is -0.138. The highest BCUT2D eigenvalue weighted by molar-refractivity contribution is 7.91. The molecule has 6 nitrogen and oxygen atoms in total. The zero-order valence-electron chi connectivity index (χ0n) is 19.3. The van der Waals surface area contributed by atoms with Crippen LogP contribution in [0.2, 0.25) is 0 Å². The van der Waals surface area contributed by atoms with Gasteiger partial charge in [0.2, 0.25) is 0 Å². The van der Waals surface area contributed by atoms with Gasteiger partial charge in [-0.1, -0.05) is 30.7 Å². The molecule has 0 spiro atoms. The fourth-order valence-corrected chi connectivity index (χ4v) is 5.31. The second-order valence-electron chi connectivity index (χ2n) is 8.69. The summed E-state index contributed by atoms with van der Waals surface area (Å²) in [6.45, 7) is 5.16. The molecular weight excluding hydrogens is 467 g/mol. The van der Waals surface area contributed by atoms with E-state index >= 15 is 0 Å². The van der Waals surface area contributed by atoms with E-state index in [4.69, 9.17) is 5.73 Å². The van der Waals surface area contributed by atoms with Crippen molar-refractivity contribution in [1.29, 1.82) is 0 Å². The summed E-state index contributed by atoms with van der Waals surface area (Å²) in [4.78, 5) is 14.7. The van der Waals surface area contributed by atoms with E-state index < -0.39 is 27.5 Å². The molecule has 3 N–H and O–H groups in total. The number of hydrogen-bond acceptors (Lipinski definition) is 5. The zero-order valence-corrected chi connectivity index (χ0v) is 20.1. The van der Waals surface area contributed by atoms with Crippen LogP contribution >= 0.6 is 0 Å². The average Bonchev–Trinajstić information content (AvgIpc) is 3.24. The predicted octanol–water partition coefficient (Wildman–Crippen LogP) is 3.52. The number of rotatable bonds is 8. The number of likely N-dealkylation sites (tertiary alicyclic amines) is 1. The van der Waals surface area contributed by atoms with E-state index in [1.54, 1.807) is 19.1 Å². The summed E-state index contributed by atoms with van der Waals surface area (Å²) < 4.78 is 66.1. The van der Waals surface area contributed by atoms with E-state index in [0.717, 1.165) is 18.1 Å². The van der Waals surface area contributed by atoms with E-state index in [-0.39, 0.29) is 40.8 Å². The molecule has 10 heteroatoms. The SMILES string of the molecule is CCS(=O)(=O)c1ccc(C)cc1CNC(=O)c1ccc(CN2CC[C@@H](CN)C2)c(C(F)(F)F)c1. The number of amides is 1. The Morgan fingerprint density at radius 1 is 1.18 bits per heavy atom. The highest BCUT2D eigenvalue weighted by atomic mass is 32.2. The molecule has 0 radical (unpaired) electrons. The first-order valence-corrected chi connectivity index (χ1v) is 12.8. The summed E-state index contributed by atoms with van der Waals surface area (Å²) in [5.74, 6) is -0.526. The molecule has 0 unspecified atom stereocenters. The third-order valence-corrected chi connectivity index (χ3v) is 7.97. The number of carbonyl (C=O) groups is 1. The first-order valence-electron chi connectivity index (χ1n) is 11.2. The van der Waals surface area contributed by atoms with Crippen LogP contribution in [0.3, 0.4) is 0 Å². The second-order valence-corrected chi connectivity index (χ2v) is 10.9. The first-order chi connectivity index (χ1) is 15.9. The zero-order chi connectivity index (χ0) is 25.1.